The molecule has 0 heterocycles. The van der Waals surface area contributed by atoms with Crippen LogP contribution in [0.5, 0.6) is 0 Å². The molecule has 0 aromatic rings. The van der Waals surface area contributed by atoms with Crippen molar-refractivity contribution in [2.24, 2.45) is 0 Å². The van der Waals surface area contributed by atoms with Gasteiger partial charge in [-0.25, -0.2) is 4.79 Å². The molecule has 88 valence electrons. The molecule has 3 nitrogen and oxygen atoms in total. The molecule has 0 aliphatic heterocycles. The predicted octanol–water partition coefficient (Wildman–Crippen LogP) is 1.65. The Bertz CT molecular complexity index is 240. The second-order valence-electron chi connectivity index (χ2n) is 3.01. The topological polar surface area (TPSA) is 38.3 Å². The lowest BCUT2D eigenvalue weighted by molar-refractivity contribution is -0.208. The van der Waals surface area contributed by atoms with E-state index in [2.05, 4.69) is 16.6 Å². The van der Waals surface area contributed by atoms with Crippen LogP contribution in [0.15, 0.2) is 12.7 Å². The van der Waals surface area contributed by atoms with Gasteiger partial charge in [0.1, 0.15) is 0 Å². The summed E-state index contributed by atoms with van der Waals surface area (Å²) in [4.78, 5) is 11.2. The summed E-state index contributed by atoms with van der Waals surface area (Å²) in [5, 5.41) is 2.05. The van der Waals surface area contributed by atoms with Crippen LogP contribution in [-0.2, 0) is 9.53 Å². The van der Waals surface area contributed by atoms with E-state index < -0.39 is 17.7 Å². The van der Waals surface area contributed by atoms with Gasteiger partial charge in [0.25, 0.3) is 0 Å². The van der Waals surface area contributed by atoms with E-state index >= 15 is 0 Å². The molecule has 0 amide bonds. The fourth-order valence-electron chi connectivity index (χ4n) is 0.840. The van der Waals surface area contributed by atoms with E-state index in [0.29, 0.717) is 0 Å². The van der Waals surface area contributed by atoms with Gasteiger partial charge in [0.15, 0.2) is 0 Å². The summed E-state index contributed by atoms with van der Waals surface area (Å²) >= 11 is 0. The van der Waals surface area contributed by atoms with E-state index in [9.17, 15) is 18.0 Å². The number of halogens is 3. The molecule has 0 rings (SSSR count). The average Bonchev–Trinajstić information content (AvgIpc) is 2.12. The smallest absolute Gasteiger partial charge is 0.417 e. The van der Waals surface area contributed by atoms with E-state index in [1.807, 2.05) is 0 Å². The third kappa shape index (κ3) is 3.23. The van der Waals surface area contributed by atoms with Gasteiger partial charge >= 0.3 is 12.1 Å². The van der Waals surface area contributed by atoms with Crippen LogP contribution in [0.1, 0.15) is 13.8 Å². The number of alkyl halides is 3. The van der Waals surface area contributed by atoms with Crippen LogP contribution in [0, 0.1) is 0 Å². The SMILES string of the molecule is C=CCNC(C)(C(=O)OCC)C(F)(F)F. The first kappa shape index (κ1) is 14.0. The molecule has 0 aliphatic rings. The van der Waals surface area contributed by atoms with Crippen molar-refractivity contribution >= 4 is 5.97 Å². The quantitative estimate of drug-likeness (QED) is 0.571. The van der Waals surface area contributed by atoms with Gasteiger partial charge in [0.05, 0.1) is 6.61 Å². The summed E-state index contributed by atoms with van der Waals surface area (Å²) in [5.41, 5.74) is -2.68. The minimum atomic E-state index is -4.71. The molecule has 0 aromatic heterocycles. The maximum Gasteiger partial charge on any atom is 0.417 e. The third-order valence-corrected chi connectivity index (χ3v) is 1.85. The Balaban J connectivity index is 4.84. The summed E-state index contributed by atoms with van der Waals surface area (Å²) in [5.74, 6) is -1.33. The first-order valence-electron chi connectivity index (χ1n) is 4.39. The van der Waals surface area contributed by atoms with E-state index in [-0.39, 0.29) is 13.2 Å². The average molecular weight is 225 g/mol. The van der Waals surface area contributed by atoms with Crippen molar-refractivity contribution in [3.8, 4) is 0 Å². The van der Waals surface area contributed by atoms with Crippen molar-refractivity contribution in [3.63, 3.8) is 0 Å². The molecule has 0 radical (unpaired) electrons. The highest BCUT2D eigenvalue weighted by Crippen LogP contribution is 2.31. The van der Waals surface area contributed by atoms with Crippen molar-refractivity contribution in [3.05, 3.63) is 12.7 Å². The molecule has 15 heavy (non-hydrogen) atoms. The molecule has 0 fully saturated rings. The van der Waals surface area contributed by atoms with Gasteiger partial charge in [0, 0.05) is 6.54 Å². The van der Waals surface area contributed by atoms with Crippen molar-refractivity contribution in [1.29, 1.82) is 0 Å². The zero-order valence-electron chi connectivity index (χ0n) is 8.65. The molecule has 0 aliphatic carbocycles. The van der Waals surface area contributed by atoms with Crippen molar-refractivity contribution in [1.82, 2.24) is 5.32 Å². The van der Waals surface area contributed by atoms with Gasteiger partial charge in [-0.2, -0.15) is 13.2 Å². The highest BCUT2D eigenvalue weighted by molar-refractivity contribution is 5.81. The molecule has 0 bridgehead atoms. The maximum absolute atomic E-state index is 12.6. The highest BCUT2D eigenvalue weighted by atomic mass is 19.4. The standard InChI is InChI=1S/C9H14F3NO2/c1-4-6-13-8(3,9(10,11)12)7(14)15-5-2/h4,13H,1,5-6H2,2-3H3. The number of carbonyl (C=O) groups excluding carboxylic acids is 1. The molecule has 0 saturated heterocycles. The summed E-state index contributed by atoms with van der Waals surface area (Å²) in [6.07, 6.45) is -3.47. The molecule has 6 heteroatoms. The zero-order valence-corrected chi connectivity index (χ0v) is 8.65. The van der Waals surface area contributed by atoms with Gasteiger partial charge in [0.2, 0.25) is 5.54 Å². The molecule has 1 atom stereocenters. The monoisotopic (exact) mass is 225 g/mol. The van der Waals surface area contributed by atoms with E-state index in [1.54, 1.807) is 0 Å². The lowest BCUT2D eigenvalue weighted by Gasteiger charge is -2.30. The molecule has 1 N–H and O–H groups in total. The van der Waals surface area contributed by atoms with Gasteiger partial charge in [-0.1, -0.05) is 6.08 Å². The number of nitrogens with one attached hydrogen (secondary N) is 1. The molecule has 0 saturated carbocycles. The van der Waals surface area contributed by atoms with Crippen molar-refractivity contribution in [2.45, 2.75) is 25.6 Å². The lowest BCUT2D eigenvalue weighted by Crippen LogP contribution is -2.60. The molecule has 1 unspecified atom stereocenters. The van der Waals surface area contributed by atoms with Crippen LogP contribution in [0.3, 0.4) is 0 Å². The Hall–Kier alpha value is -1.04. The number of carbonyl (C=O) groups is 1. The Morgan fingerprint density at radius 2 is 2.07 bits per heavy atom. The van der Waals surface area contributed by atoms with Crippen molar-refractivity contribution < 1.29 is 22.7 Å². The number of ether oxygens (including phenoxy) is 1. The van der Waals surface area contributed by atoms with E-state index in [4.69, 9.17) is 0 Å². The summed E-state index contributed by atoms with van der Waals surface area (Å²) < 4.78 is 42.2. The number of hydrogen-bond donors (Lipinski definition) is 1. The maximum atomic E-state index is 12.6. The van der Waals surface area contributed by atoms with Gasteiger partial charge in [-0.05, 0) is 13.8 Å². The first-order valence-corrected chi connectivity index (χ1v) is 4.39. The fourth-order valence-corrected chi connectivity index (χ4v) is 0.840. The first-order chi connectivity index (χ1) is 6.79. The summed E-state index contributed by atoms with van der Waals surface area (Å²) in [6.45, 7) is 5.23. The lowest BCUT2D eigenvalue weighted by atomic mass is 10.0. The zero-order chi connectivity index (χ0) is 12.1. The molecule has 0 spiro atoms. The van der Waals surface area contributed by atoms with Gasteiger partial charge in [-0.3, -0.25) is 5.32 Å². The Kier molecular flexibility index (Phi) is 4.80. The second kappa shape index (κ2) is 5.16. The van der Waals surface area contributed by atoms with E-state index in [1.165, 1.54) is 13.0 Å². The Morgan fingerprint density at radius 1 is 1.53 bits per heavy atom. The number of esters is 1. The van der Waals surface area contributed by atoms with Crippen LogP contribution < -0.4 is 5.32 Å². The molecule has 0 aromatic carbocycles. The van der Waals surface area contributed by atoms with Crippen molar-refractivity contribution in [2.75, 3.05) is 13.2 Å². The Morgan fingerprint density at radius 3 is 2.40 bits per heavy atom. The van der Waals surface area contributed by atoms with Gasteiger partial charge < -0.3 is 4.74 Å². The predicted molar refractivity (Wildman–Crippen MR) is 49.3 cm³/mol. The van der Waals surface area contributed by atoms with Crippen LogP contribution in [-0.4, -0.2) is 30.8 Å². The van der Waals surface area contributed by atoms with E-state index in [0.717, 1.165) is 6.92 Å². The largest absolute Gasteiger partial charge is 0.464 e. The van der Waals surface area contributed by atoms with Crippen LogP contribution >= 0.6 is 0 Å². The van der Waals surface area contributed by atoms with Crippen LogP contribution in [0.4, 0.5) is 13.2 Å². The normalized spacial score (nSPS) is 15.5. The van der Waals surface area contributed by atoms with Gasteiger partial charge in [-0.15, -0.1) is 6.58 Å². The summed E-state index contributed by atoms with van der Waals surface area (Å²) in [6, 6.07) is 0. The molecular formula is C9H14F3NO2. The minimum absolute atomic E-state index is 0.0970. The Labute approximate surface area is 86.3 Å². The number of hydrogen-bond acceptors (Lipinski definition) is 3. The second-order valence-corrected chi connectivity index (χ2v) is 3.01. The number of rotatable bonds is 5. The minimum Gasteiger partial charge on any atom is -0.464 e. The molecular weight excluding hydrogens is 211 g/mol. The third-order valence-electron chi connectivity index (χ3n) is 1.85. The van der Waals surface area contributed by atoms with Crippen LogP contribution in [0.25, 0.3) is 0 Å². The van der Waals surface area contributed by atoms with Crippen LogP contribution in [0.2, 0.25) is 0 Å². The fraction of sp³-hybridized carbons (Fsp3) is 0.667. The summed E-state index contributed by atoms with van der Waals surface area (Å²) in [7, 11) is 0. The highest BCUT2D eigenvalue weighted by Gasteiger charge is 2.57.